The summed E-state index contributed by atoms with van der Waals surface area (Å²) in [5, 5.41) is 5.70. The molecule has 0 spiro atoms. The number of anilines is 1. The molecule has 3 amide bonds. The van der Waals surface area contributed by atoms with Crippen molar-refractivity contribution in [2.45, 2.75) is 58.2 Å². The lowest BCUT2D eigenvalue weighted by molar-refractivity contribution is -0.141. The van der Waals surface area contributed by atoms with Crippen molar-refractivity contribution in [3.63, 3.8) is 0 Å². The molecule has 0 unspecified atom stereocenters. The summed E-state index contributed by atoms with van der Waals surface area (Å²) < 4.78 is 0. The summed E-state index contributed by atoms with van der Waals surface area (Å²) in [5.74, 6) is -0.345. The maximum absolute atomic E-state index is 14.0. The number of hydrogen-bond donors (Lipinski definition) is 1. The van der Waals surface area contributed by atoms with Crippen molar-refractivity contribution in [3.8, 4) is 0 Å². The highest BCUT2D eigenvalue weighted by atomic mass is 35.5. The molecule has 6 nitrogen and oxygen atoms in total. The molecule has 0 aromatic heterocycles. The van der Waals surface area contributed by atoms with E-state index in [2.05, 4.69) is 5.32 Å². The number of halogens is 1. The number of carbonyl (C=O) groups excluding carboxylic acids is 3. The Morgan fingerprint density at radius 2 is 1.62 bits per heavy atom. The molecule has 0 radical (unpaired) electrons. The van der Waals surface area contributed by atoms with Crippen LogP contribution in [-0.4, -0.2) is 41.2 Å². The van der Waals surface area contributed by atoms with Crippen molar-refractivity contribution < 1.29 is 14.4 Å². The Morgan fingerprint density at radius 3 is 2.33 bits per heavy atom. The van der Waals surface area contributed by atoms with E-state index in [1.54, 1.807) is 21.9 Å². The lowest BCUT2D eigenvalue weighted by atomic mass is 10.0. The molecule has 5 rings (SSSR count). The van der Waals surface area contributed by atoms with Gasteiger partial charge in [0.05, 0.1) is 5.69 Å². The van der Waals surface area contributed by atoms with E-state index in [1.807, 2.05) is 92.7 Å². The van der Waals surface area contributed by atoms with Gasteiger partial charge in [-0.1, -0.05) is 85.3 Å². The third-order valence-corrected chi connectivity index (χ3v) is 8.21. The molecule has 0 saturated heterocycles. The standard InChI is InChI=1S/C35H36ClN3O3/c1-3-24(2)37-34(41)31(22-25-10-5-4-6-11-25)39(23-26-17-19-28(36)20-18-26)32(40)16-9-21-38-30-15-8-13-27-12-7-14-29(33(27)30)35(38)42/h4-8,10-15,17-20,24,31H,3,9,16,21-23H2,1-2H3,(H,37,41)/t24-,31+/m1/s1. The molecule has 4 aromatic rings. The SMILES string of the molecule is CC[C@@H](C)NC(=O)[C@H](Cc1ccccc1)N(Cc1ccc(Cl)cc1)C(=O)CCCN1C(=O)c2cccc3cccc1c23. The third-order valence-electron chi connectivity index (χ3n) is 7.96. The molecule has 0 aliphatic carbocycles. The third kappa shape index (κ3) is 6.50. The Kier molecular flexibility index (Phi) is 9.23. The second-order valence-corrected chi connectivity index (χ2v) is 11.3. The molecule has 1 heterocycles. The maximum atomic E-state index is 14.0. The minimum atomic E-state index is -0.698. The van der Waals surface area contributed by atoms with E-state index in [0.29, 0.717) is 30.0 Å². The monoisotopic (exact) mass is 581 g/mol. The molecule has 1 aliphatic rings. The summed E-state index contributed by atoms with van der Waals surface area (Å²) in [6, 6.07) is 28.1. The number of amides is 3. The second kappa shape index (κ2) is 13.2. The summed E-state index contributed by atoms with van der Waals surface area (Å²) in [7, 11) is 0. The van der Waals surface area contributed by atoms with Crippen LogP contribution in [0, 0.1) is 0 Å². The van der Waals surface area contributed by atoms with Crippen molar-refractivity contribution in [2.75, 3.05) is 11.4 Å². The number of hydrogen-bond acceptors (Lipinski definition) is 3. The highest BCUT2D eigenvalue weighted by Gasteiger charge is 2.32. The maximum Gasteiger partial charge on any atom is 0.258 e. The Morgan fingerprint density at radius 1 is 0.905 bits per heavy atom. The van der Waals surface area contributed by atoms with Crippen molar-refractivity contribution >= 4 is 45.8 Å². The minimum Gasteiger partial charge on any atom is -0.352 e. The van der Waals surface area contributed by atoms with Crippen LogP contribution in [0.2, 0.25) is 5.02 Å². The van der Waals surface area contributed by atoms with E-state index in [0.717, 1.165) is 34.0 Å². The van der Waals surface area contributed by atoms with Crippen LogP contribution in [0.1, 0.15) is 54.6 Å². The van der Waals surface area contributed by atoms with E-state index < -0.39 is 6.04 Å². The average molecular weight is 582 g/mol. The van der Waals surface area contributed by atoms with Gasteiger partial charge in [-0.25, -0.2) is 0 Å². The van der Waals surface area contributed by atoms with Crippen LogP contribution in [0.3, 0.4) is 0 Å². The van der Waals surface area contributed by atoms with Gasteiger partial charge < -0.3 is 15.1 Å². The van der Waals surface area contributed by atoms with Gasteiger partial charge in [0.2, 0.25) is 11.8 Å². The number of benzene rings is 4. The topological polar surface area (TPSA) is 69.7 Å². The molecule has 0 saturated carbocycles. The van der Waals surface area contributed by atoms with Crippen molar-refractivity contribution in [3.05, 3.63) is 113 Å². The van der Waals surface area contributed by atoms with E-state index in [-0.39, 0.29) is 36.7 Å². The Hall–Kier alpha value is -4.16. The lowest BCUT2D eigenvalue weighted by Gasteiger charge is -2.32. The first-order valence-corrected chi connectivity index (χ1v) is 14.9. The fraction of sp³-hybridized carbons (Fsp3) is 0.286. The van der Waals surface area contributed by atoms with Crippen molar-refractivity contribution in [1.29, 1.82) is 0 Å². The molecular formula is C35H36ClN3O3. The quantitative estimate of drug-likeness (QED) is 0.200. The zero-order valence-electron chi connectivity index (χ0n) is 24.1. The predicted molar refractivity (Wildman–Crippen MR) is 169 cm³/mol. The number of nitrogens with one attached hydrogen (secondary N) is 1. The summed E-state index contributed by atoms with van der Waals surface area (Å²) >= 11 is 6.13. The first-order chi connectivity index (χ1) is 20.4. The van der Waals surface area contributed by atoms with Gasteiger partial charge in [-0.15, -0.1) is 0 Å². The van der Waals surface area contributed by atoms with E-state index >= 15 is 0 Å². The van der Waals surface area contributed by atoms with Gasteiger partial charge in [0.25, 0.3) is 5.91 Å². The number of nitrogens with zero attached hydrogens (tertiary/aromatic N) is 2. The highest BCUT2D eigenvalue weighted by molar-refractivity contribution is 6.30. The summed E-state index contributed by atoms with van der Waals surface area (Å²) in [6.45, 7) is 4.67. The van der Waals surface area contributed by atoms with Crippen LogP contribution in [0.4, 0.5) is 5.69 Å². The highest BCUT2D eigenvalue weighted by Crippen LogP contribution is 2.37. The van der Waals surface area contributed by atoms with Gasteiger partial charge in [-0.3, -0.25) is 14.4 Å². The average Bonchev–Trinajstić information content (AvgIpc) is 3.28. The molecule has 0 fully saturated rings. The Balaban J connectivity index is 1.37. The molecule has 42 heavy (non-hydrogen) atoms. The van der Waals surface area contributed by atoms with Gasteiger partial charge in [-0.2, -0.15) is 0 Å². The normalized spacial score (nSPS) is 13.7. The zero-order valence-corrected chi connectivity index (χ0v) is 24.8. The first kappa shape index (κ1) is 29.3. The van der Waals surface area contributed by atoms with E-state index in [1.165, 1.54) is 0 Å². The smallest absolute Gasteiger partial charge is 0.258 e. The van der Waals surface area contributed by atoms with Crippen molar-refractivity contribution in [2.24, 2.45) is 0 Å². The fourth-order valence-electron chi connectivity index (χ4n) is 5.51. The molecule has 7 heteroatoms. The van der Waals surface area contributed by atoms with Gasteiger partial charge >= 0.3 is 0 Å². The van der Waals surface area contributed by atoms with Crippen LogP contribution in [0.15, 0.2) is 91.0 Å². The van der Waals surface area contributed by atoms with Gasteiger partial charge in [-0.05, 0) is 60.5 Å². The molecular weight excluding hydrogens is 546 g/mol. The largest absolute Gasteiger partial charge is 0.352 e. The van der Waals surface area contributed by atoms with Gasteiger partial charge in [0.1, 0.15) is 6.04 Å². The summed E-state index contributed by atoms with van der Waals surface area (Å²) in [5.41, 5.74) is 3.44. The van der Waals surface area contributed by atoms with Crippen LogP contribution < -0.4 is 10.2 Å². The van der Waals surface area contributed by atoms with Crippen LogP contribution in [0.5, 0.6) is 0 Å². The van der Waals surface area contributed by atoms with Gasteiger partial charge in [0.15, 0.2) is 0 Å². The summed E-state index contributed by atoms with van der Waals surface area (Å²) in [4.78, 5) is 44.4. The fourth-order valence-corrected chi connectivity index (χ4v) is 5.64. The molecule has 2 atom stereocenters. The predicted octanol–water partition coefficient (Wildman–Crippen LogP) is 6.79. The lowest BCUT2D eigenvalue weighted by Crippen LogP contribution is -2.52. The Bertz CT molecular complexity index is 1570. The van der Waals surface area contributed by atoms with E-state index in [4.69, 9.17) is 11.6 Å². The van der Waals surface area contributed by atoms with E-state index in [9.17, 15) is 14.4 Å². The number of rotatable bonds is 12. The van der Waals surface area contributed by atoms with Crippen molar-refractivity contribution in [1.82, 2.24) is 10.2 Å². The molecule has 4 aromatic carbocycles. The number of carbonyl (C=O) groups is 3. The van der Waals surface area contributed by atoms with Crippen LogP contribution >= 0.6 is 11.6 Å². The first-order valence-electron chi connectivity index (χ1n) is 14.6. The minimum absolute atomic E-state index is 0.0197. The van der Waals surface area contributed by atoms with Crippen LogP contribution in [-0.2, 0) is 22.6 Å². The molecule has 1 N–H and O–H groups in total. The molecule has 216 valence electrons. The summed E-state index contributed by atoms with van der Waals surface area (Å²) in [6.07, 6.45) is 1.85. The van der Waals surface area contributed by atoms with Gasteiger partial charge in [0, 0.05) is 47.9 Å². The molecule has 1 aliphatic heterocycles. The van der Waals surface area contributed by atoms with Crippen LogP contribution in [0.25, 0.3) is 10.8 Å². The zero-order chi connectivity index (χ0) is 29.6. The molecule has 0 bridgehead atoms. The second-order valence-electron chi connectivity index (χ2n) is 10.9. The Labute approximate surface area is 252 Å².